The zero-order valence-electron chi connectivity index (χ0n) is 12.9. The maximum Gasteiger partial charge on any atom is 0.213 e. The normalized spacial score (nSPS) is 10.9. The number of aryl methyl sites for hydroxylation is 1. The van der Waals surface area contributed by atoms with Crippen molar-refractivity contribution in [1.29, 1.82) is 0 Å². The van der Waals surface area contributed by atoms with Crippen molar-refractivity contribution in [2.45, 2.75) is 24.3 Å². The van der Waals surface area contributed by atoms with E-state index in [1.807, 2.05) is 0 Å². The van der Waals surface area contributed by atoms with Gasteiger partial charge in [0.15, 0.2) is 5.16 Å². The molecule has 0 saturated heterocycles. The SMILES string of the molecule is CCc1sc(-c2ccnc(F)c2)nc1CSc1nc(N)cc(N)n1. The minimum Gasteiger partial charge on any atom is -0.383 e. The highest BCUT2D eigenvalue weighted by atomic mass is 32.2. The molecular formula is C15H15FN6S2. The molecule has 0 aliphatic rings. The van der Waals surface area contributed by atoms with Crippen LogP contribution < -0.4 is 11.5 Å². The van der Waals surface area contributed by atoms with Crippen LogP contribution in [0.2, 0.25) is 0 Å². The maximum atomic E-state index is 13.3. The number of nitrogens with zero attached hydrogens (tertiary/aromatic N) is 4. The lowest BCUT2D eigenvalue weighted by molar-refractivity contribution is 0.584. The van der Waals surface area contributed by atoms with Gasteiger partial charge in [-0.3, -0.25) is 0 Å². The molecule has 3 rings (SSSR count). The Balaban J connectivity index is 1.83. The predicted molar refractivity (Wildman–Crippen MR) is 95.1 cm³/mol. The van der Waals surface area contributed by atoms with Crippen LogP contribution in [0.3, 0.4) is 0 Å². The van der Waals surface area contributed by atoms with Crippen molar-refractivity contribution in [2.75, 3.05) is 11.5 Å². The van der Waals surface area contributed by atoms with E-state index in [0.29, 0.717) is 22.5 Å². The van der Waals surface area contributed by atoms with Crippen molar-refractivity contribution in [1.82, 2.24) is 19.9 Å². The quantitative estimate of drug-likeness (QED) is 0.408. The third kappa shape index (κ3) is 3.80. The number of rotatable bonds is 5. The largest absolute Gasteiger partial charge is 0.383 e. The smallest absolute Gasteiger partial charge is 0.213 e. The summed E-state index contributed by atoms with van der Waals surface area (Å²) < 4.78 is 13.3. The Bertz CT molecular complexity index is 847. The molecule has 0 fully saturated rings. The minimum atomic E-state index is -0.514. The molecule has 6 nitrogen and oxygen atoms in total. The highest BCUT2D eigenvalue weighted by molar-refractivity contribution is 7.98. The van der Waals surface area contributed by atoms with Crippen LogP contribution in [-0.2, 0) is 12.2 Å². The number of halogens is 1. The Labute approximate surface area is 146 Å². The van der Waals surface area contributed by atoms with Crippen LogP contribution in [0.25, 0.3) is 10.6 Å². The number of nitrogens with two attached hydrogens (primary N) is 2. The van der Waals surface area contributed by atoms with Crippen LogP contribution in [0.15, 0.2) is 29.6 Å². The van der Waals surface area contributed by atoms with E-state index in [2.05, 4.69) is 26.9 Å². The second-order valence-electron chi connectivity index (χ2n) is 4.90. The van der Waals surface area contributed by atoms with E-state index in [1.54, 1.807) is 17.4 Å². The zero-order valence-corrected chi connectivity index (χ0v) is 14.5. The van der Waals surface area contributed by atoms with Crippen molar-refractivity contribution in [3.63, 3.8) is 0 Å². The Hall–Kier alpha value is -2.26. The number of anilines is 2. The van der Waals surface area contributed by atoms with Crippen molar-refractivity contribution >= 4 is 34.7 Å². The second kappa shape index (κ2) is 7.10. The average molecular weight is 362 g/mol. The number of pyridine rings is 1. The third-order valence-electron chi connectivity index (χ3n) is 3.16. The minimum absolute atomic E-state index is 0.340. The third-order valence-corrected chi connectivity index (χ3v) is 5.31. The molecule has 0 atom stereocenters. The molecule has 0 aliphatic carbocycles. The summed E-state index contributed by atoms with van der Waals surface area (Å²) in [6.45, 7) is 2.06. The van der Waals surface area contributed by atoms with Crippen molar-refractivity contribution < 1.29 is 4.39 Å². The molecule has 124 valence electrons. The summed E-state index contributed by atoms with van der Waals surface area (Å²) in [5.41, 5.74) is 13.0. The standard InChI is InChI=1S/C15H15FN6S2/c1-2-10-9(7-23-15-21-12(17)6-13(18)22-15)20-14(24-10)8-3-4-19-11(16)5-8/h3-6H,2,7H2,1H3,(H4,17,18,21,22). The average Bonchev–Trinajstić information content (AvgIpc) is 2.95. The first-order valence-electron chi connectivity index (χ1n) is 7.18. The number of aromatic nitrogens is 4. The predicted octanol–water partition coefficient (Wildman–Crippen LogP) is 3.15. The van der Waals surface area contributed by atoms with Crippen LogP contribution in [0.5, 0.6) is 0 Å². The van der Waals surface area contributed by atoms with Gasteiger partial charge in [-0.1, -0.05) is 18.7 Å². The summed E-state index contributed by atoms with van der Waals surface area (Å²) in [5.74, 6) is 0.759. The molecule has 3 aromatic heterocycles. The zero-order chi connectivity index (χ0) is 17.1. The van der Waals surface area contributed by atoms with Crippen molar-refractivity contribution in [2.24, 2.45) is 0 Å². The van der Waals surface area contributed by atoms with Gasteiger partial charge in [-0.05, 0) is 12.5 Å². The molecule has 24 heavy (non-hydrogen) atoms. The van der Waals surface area contributed by atoms with Crippen LogP contribution in [0.4, 0.5) is 16.0 Å². The summed E-state index contributed by atoms with van der Waals surface area (Å²) in [4.78, 5) is 17.7. The fourth-order valence-electron chi connectivity index (χ4n) is 2.09. The maximum absolute atomic E-state index is 13.3. The van der Waals surface area contributed by atoms with Crippen molar-refractivity contribution in [3.05, 3.63) is 40.9 Å². The van der Waals surface area contributed by atoms with E-state index >= 15 is 0 Å². The summed E-state index contributed by atoms with van der Waals surface area (Å²) in [5, 5.41) is 1.29. The Morgan fingerprint density at radius 1 is 1.17 bits per heavy atom. The van der Waals surface area contributed by atoms with Gasteiger partial charge in [0.05, 0.1) is 5.69 Å². The first kappa shape index (κ1) is 16.6. The first-order valence-corrected chi connectivity index (χ1v) is 8.98. The van der Waals surface area contributed by atoms with Gasteiger partial charge in [0.2, 0.25) is 5.95 Å². The summed E-state index contributed by atoms with van der Waals surface area (Å²) >= 11 is 2.97. The molecule has 3 aromatic rings. The second-order valence-corrected chi connectivity index (χ2v) is 6.92. The van der Waals surface area contributed by atoms with Gasteiger partial charge in [0.1, 0.15) is 16.6 Å². The lowest BCUT2D eigenvalue weighted by Crippen LogP contribution is -1.99. The molecular weight excluding hydrogens is 347 g/mol. The molecule has 9 heteroatoms. The highest BCUT2D eigenvalue weighted by Crippen LogP contribution is 2.31. The first-order chi connectivity index (χ1) is 11.5. The molecule has 4 N–H and O–H groups in total. The lowest BCUT2D eigenvalue weighted by Gasteiger charge is -2.02. The number of nitrogen functional groups attached to an aromatic ring is 2. The Morgan fingerprint density at radius 3 is 2.58 bits per heavy atom. The number of hydrogen-bond acceptors (Lipinski definition) is 8. The molecule has 0 saturated carbocycles. The van der Waals surface area contributed by atoms with Gasteiger partial charge in [-0.25, -0.2) is 19.9 Å². The summed E-state index contributed by atoms with van der Waals surface area (Å²) in [6, 6.07) is 4.65. The molecule has 0 radical (unpaired) electrons. The van der Waals surface area contributed by atoms with Crippen LogP contribution in [-0.4, -0.2) is 19.9 Å². The molecule has 0 spiro atoms. The van der Waals surface area contributed by atoms with Crippen LogP contribution in [0, 0.1) is 5.95 Å². The van der Waals surface area contributed by atoms with Gasteiger partial charge in [-0.15, -0.1) is 11.3 Å². The monoisotopic (exact) mass is 362 g/mol. The highest BCUT2D eigenvalue weighted by Gasteiger charge is 2.13. The molecule has 0 aromatic carbocycles. The van der Waals surface area contributed by atoms with E-state index in [9.17, 15) is 4.39 Å². The Morgan fingerprint density at radius 2 is 1.92 bits per heavy atom. The molecule has 0 aliphatic heterocycles. The molecule has 3 heterocycles. The van der Waals surface area contributed by atoms with E-state index in [-0.39, 0.29) is 0 Å². The van der Waals surface area contributed by atoms with E-state index < -0.39 is 5.95 Å². The van der Waals surface area contributed by atoms with E-state index in [1.165, 1.54) is 30.1 Å². The fourth-order valence-corrected chi connectivity index (χ4v) is 4.04. The number of hydrogen-bond donors (Lipinski definition) is 2. The molecule has 0 unspecified atom stereocenters. The van der Waals surface area contributed by atoms with Gasteiger partial charge >= 0.3 is 0 Å². The number of thiazole rings is 1. The van der Waals surface area contributed by atoms with Gasteiger partial charge in [0, 0.05) is 34.5 Å². The fraction of sp³-hybridized carbons (Fsp3) is 0.200. The topological polar surface area (TPSA) is 104 Å². The van der Waals surface area contributed by atoms with Gasteiger partial charge < -0.3 is 11.5 Å². The van der Waals surface area contributed by atoms with Gasteiger partial charge in [0.25, 0.3) is 0 Å². The van der Waals surface area contributed by atoms with E-state index in [0.717, 1.165) is 27.6 Å². The summed E-state index contributed by atoms with van der Waals surface area (Å²) in [7, 11) is 0. The number of thioether (sulfide) groups is 1. The Kier molecular flexibility index (Phi) is 4.91. The van der Waals surface area contributed by atoms with Gasteiger partial charge in [-0.2, -0.15) is 4.39 Å². The van der Waals surface area contributed by atoms with E-state index in [4.69, 9.17) is 11.5 Å². The van der Waals surface area contributed by atoms with Crippen molar-refractivity contribution in [3.8, 4) is 10.6 Å². The van der Waals surface area contributed by atoms with Crippen LogP contribution >= 0.6 is 23.1 Å². The lowest BCUT2D eigenvalue weighted by atomic mass is 10.3. The van der Waals surface area contributed by atoms with Crippen LogP contribution in [0.1, 0.15) is 17.5 Å². The summed E-state index contributed by atoms with van der Waals surface area (Å²) in [6.07, 6.45) is 2.29. The molecule has 0 amide bonds. The molecule has 0 bridgehead atoms.